The summed E-state index contributed by atoms with van der Waals surface area (Å²) in [7, 11) is 1.66. The first-order valence-corrected chi connectivity index (χ1v) is 6.36. The van der Waals surface area contributed by atoms with Crippen LogP contribution in [0.3, 0.4) is 0 Å². The van der Waals surface area contributed by atoms with Gasteiger partial charge >= 0.3 is 5.97 Å². The molecule has 0 saturated heterocycles. The van der Waals surface area contributed by atoms with Gasteiger partial charge in [-0.15, -0.1) is 11.8 Å². The molecule has 2 N–H and O–H groups in total. The average Bonchev–Trinajstić information content (AvgIpc) is 2.31. The van der Waals surface area contributed by atoms with E-state index in [9.17, 15) is 4.79 Å². The van der Waals surface area contributed by atoms with Crippen molar-refractivity contribution in [2.24, 2.45) is 0 Å². The van der Waals surface area contributed by atoms with Crippen LogP contribution in [0.2, 0.25) is 0 Å². The van der Waals surface area contributed by atoms with Crippen LogP contribution in [0.25, 0.3) is 0 Å². The number of thioether (sulfide) groups is 1. The normalized spacial score (nSPS) is 10.2. The Morgan fingerprint density at radius 1 is 1.47 bits per heavy atom. The highest BCUT2D eigenvalue weighted by molar-refractivity contribution is 7.99. The van der Waals surface area contributed by atoms with Crippen LogP contribution in [0.15, 0.2) is 23.1 Å². The summed E-state index contributed by atoms with van der Waals surface area (Å²) in [5.74, 6) is 0.493. The Bertz CT molecular complexity index is 382. The zero-order chi connectivity index (χ0) is 12.7. The van der Waals surface area contributed by atoms with Gasteiger partial charge in [-0.05, 0) is 25.1 Å². The molecule has 1 aromatic rings. The Hall–Kier alpha value is -1.20. The van der Waals surface area contributed by atoms with Crippen LogP contribution >= 0.6 is 11.8 Å². The minimum Gasteiger partial charge on any atom is -0.462 e. The number of hydrogen-bond acceptors (Lipinski definition) is 5. The lowest BCUT2D eigenvalue weighted by Gasteiger charge is -2.07. The summed E-state index contributed by atoms with van der Waals surface area (Å²) < 4.78 is 9.86. The van der Waals surface area contributed by atoms with E-state index in [0.717, 1.165) is 10.6 Å². The van der Waals surface area contributed by atoms with Crippen molar-refractivity contribution >= 4 is 23.4 Å². The molecule has 1 aromatic carbocycles. The largest absolute Gasteiger partial charge is 0.462 e. The topological polar surface area (TPSA) is 61.5 Å². The Labute approximate surface area is 105 Å². The summed E-state index contributed by atoms with van der Waals surface area (Å²) in [6.07, 6.45) is 0. The Morgan fingerprint density at radius 3 is 2.82 bits per heavy atom. The number of ether oxygens (including phenoxy) is 2. The molecule has 0 aliphatic carbocycles. The van der Waals surface area contributed by atoms with Crippen molar-refractivity contribution in [1.29, 1.82) is 0 Å². The third-order valence-electron chi connectivity index (χ3n) is 2.07. The predicted octanol–water partition coefficient (Wildman–Crippen LogP) is 2.18. The third kappa shape index (κ3) is 4.28. The van der Waals surface area contributed by atoms with Gasteiger partial charge in [0.2, 0.25) is 0 Å². The molecule has 4 nitrogen and oxygen atoms in total. The van der Waals surface area contributed by atoms with Crippen molar-refractivity contribution < 1.29 is 14.3 Å². The summed E-state index contributed by atoms with van der Waals surface area (Å²) in [6.45, 7) is 2.81. The van der Waals surface area contributed by atoms with Gasteiger partial charge in [0.1, 0.15) is 0 Å². The van der Waals surface area contributed by atoms with Crippen LogP contribution in [-0.2, 0) is 9.47 Å². The van der Waals surface area contributed by atoms with E-state index in [1.54, 1.807) is 37.9 Å². The van der Waals surface area contributed by atoms with E-state index in [4.69, 9.17) is 15.2 Å². The predicted molar refractivity (Wildman–Crippen MR) is 69.4 cm³/mol. The molecule has 0 bridgehead atoms. The second-order valence-corrected chi connectivity index (χ2v) is 4.45. The number of hydrogen-bond donors (Lipinski definition) is 1. The van der Waals surface area contributed by atoms with Crippen LogP contribution < -0.4 is 5.73 Å². The van der Waals surface area contributed by atoms with Crippen molar-refractivity contribution in [3.8, 4) is 0 Å². The van der Waals surface area contributed by atoms with Gasteiger partial charge in [0.25, 0.3) is 0 Å². The van der Waals surface area contributed by atoms with E-state index in [2.05, 4.69) is 0 Å². The van der Waals surface area contributed by atoms with Gasteiger partial charge in [-0.25, -0.2) is 4.79 Å². The van der Waals surface area contributed by atoms with Crippen molar-refractivity contribution in [3.63, 3.8) is 0 Å². The number of anilines is 1. The number of nitrogen functional groups attached to an aromatic ring is 1. The highest BCUT2D eigenvalue weighted by atomic mass is 32.2. The average molecular weight is 255 g/mol. The van der Waals surface area contributed by atoms with E-state index in [1.807, 2.05) is 6.07 Å². The summed E-state index contributed by atoms with van der Waals surface area (Å²) in [6, 6.07) is 5.21. The summed E-state index contributed by atoms with van der Waals surface area (Å²) in [5, 5.41) is 0. The van der Waals surface area contributed by atoms with Crippen LogP contribution in [0.1, 0.15) is 17.3 Å². The molecule has 0 fully saturated rings. The quantitative estimate of drug-likeness (QED) is 0.365. The molecule has 17 heavy (non-hydrogen) atoms. The maximum atomic E-state index is 11.5. The number of methoxy groups -OCH3 is 1. The van der Waals surface area contributed by atoms with Crippen LogP contribution in [0, 0.1) is 0 Å². The van der Waals surface area contributed by atoms with Crippen molar-refractivity contribution in [1.82, 2.24) is 0 Å². The third-order valence-corrected chi connectivity index (χ3v) is 3.12. The first-order chi connectivity index (χ1) is 8.19. The van der Waals surface area contributed by atoms with Crippen molar-refractivity contribution in [2.45, 2.75) is 11.8 Å². The van der Waals surface area contributed by atoms with Gasteiger partial charge in [-0.3, -0.25) is 0 Å². The SMILES string of the molecule is CCOC(=O)c1ccc(SCCOC)c(N)c1. The van der Waals surface area contributed by atoms with Gasteiger partial charge in [0.05, 0.1) is 18.8 Å². The lowest BCUT2D eigenvalue weighted by Crippen LogP contribution is -2.05. The van der Waals surface area contributed by atoms with E-state index >= 15 is 0 Å². The molecular weight excluding hydrogens is 238 g/mol. The molecule has 5 heteroatoms. The van der Waals surface area contributed by atoms with Crippen molar-refractivity contribution in [2.75, 3.05) is 31.8 Å². The fourth-order valence-electron chi connectivity index (χ4n) is 1.26. The molecule has 0 atom stereocenters. The van der Waals surface area contributed by atoms with Crippen LogP contribution in [0.5, 0.6) is 0 Å². The van der Waals surface area contributed by atoms with E-state index in [1.165, 1.54) is 0 Å². The van der Waals surface area contributed by atoms with Crippen molar-refractivity contribution in [3.05, 3.63) is 23.8 Å². The van der Waals surface area contributed by atoms with E-state index in [0.29, 0.717) is 24.5 Å². The number of carbonyl (C=O) groups excluding carboxylic acids is 1. The smallest absolute Gasteiger partial charge is 0.338 e. The molecule has 0 aliphatic heterocycles. The molecule has 0 aromatic heterocycles. The zero-order valence-electron chi connectivity index (χ0n) is 10.1. The minimum absolute atomic E-state index is 0.340. The second kappa shape index (κ2) is 7.19. The highest BCUT2D eigenvalue weighted by Crippen LogP contribution is 2.26. The highest BCUT2D eigenvalue weighted by Gasteiger charge is 2.08. The van der Waals surface area contributed by atoms with Crippen LogP contribution in [0.4, 0.5) is 5.69 Å². The fraction of sp³-hybridized carbons (Fsp3) is 0.417. The van der Waals surface area contributed by atoms with E-state index < -0.39 is 0 Å². The standard InChI is InChI=1S/C12H17NO3S/c1-3-16-12(14)9-4-5-11(10(13)8-9)17-7-6-15-2/h4-5,8H,3,6-7,13H2,1-2H3. The number of nitrogens with two attached hydrogens (primary N) is 1. The first-order valence-electron chi connectivity index (χ1n) is 5.37. The number of carbonyl (C=O) groups is 1. The molecule has 0 saturated carbocycles. The Balaban J connectivity index is 2.68. The van der Waals surface area contributed by atoms with E-state index in [-0.39, 0.29) is 5.97 Å². The van der Waals surface area contributed by atoms with Crippen LogP contribution in [-0.4, -0.2) is 32.0 Å². The van der Waals surface area contributed by atoms with Gasteiger partial charge in [0, 0.05) is 23.4 Å². The molecule has 0 unspecified atom stereocenters. The molecule has 0 radical (unpaired) electrons. The number of benzene rings is 1. The maximum absolute atomic E-state index is 11.5. The monoisotopic (exact) mass is 255 g/mol. The fourth-order valence-corrected chi connectivity index (χ4v) is 2.12. The number of rotatable bonds is 6. The number of esters is 1. The molecule has 94 valence electrons. The van der Waals surface area contributed by atoms with Gasteiger partial charge in [0.15, 0.2) is 0 Å². The lowest BCUT2D eigenvalue weighted by molar-refractivity contribution is 0.0526. The molecular formula is C12H17NO3S. The van der Waals surface area contributed by atoms with Gasteiger partial charge in [-0.2, -0.15) is 0 Å². The Kier molecular flexibility index (Phi) is 5.86. The molecule has 0 aliphatic rings. The second-order valence-electron chi connectivity index (χ2n) is 3.31. The van der Waals surface area contributed by atoms with Gasteiger partial charge in [-0.1, -0.05) is 0 Å². The molecule has 1 rings (SSSR count). The van der Waals surface area contributed by atoms with Gasteiger partial charge < -0.3 is 15.2 Å². The summed E-state index contributed by atoms with van der Waals surface area (Å²) in [4.78, 5) is 12.4. The summed E-state index contributed by atoms with van der Waals surface area (Å²) >= 11 is 1.60. The molecule has 0 heterocycles. The minimum atomic E-state index is -0.340. The first kappa shape index (κ1) is 13.9. The molecule has 0 amide bonds. The molecule has 0 spiro atoms. The lowest BCUT2D eigenvalue weighted by atomic mass is 10.2. The zero-order valence-corrected chi connectivity index (χ0v) is 10.9. The summed E-state index contributed by atoms with van der Waals surface area (Å²) in [5.41, 5.74) is 6.95. The Morgan fingerprint density at radius 2 is 2.24 bits per heavy atom. The maximum Gasteiger partial charge on any atom is 0.338 e.